The van der Waals surface area contributed by atoms with Crippen molar-refractivity contribution < 1.29 is 9.53 Å². The Bertz CT molecular complexity index is 1080. The highest BCUT2D eigenvalue weighted by Gasteiger charge is 2.15. The lowest BCUT2D eigenvalue weighted by Gasteiger charge is -2.10. The number of amides is 1. The number of rotatable bonds is 9. The van der Waals surface area contributed by atoms with Gasteiger partial charge in [0.15, 0.2) is 11.0 Å². The van der Waals surface area contributed by atoms with Crippen LogP contribution < -0.4 is 10.1 Å². The van der Waals surface area contributed by atoms with Crippen LogP contribution in [-0.4, -0.2) is 26.4 Å². The Kier molecular flexibility index (Phi) is 8.17. The van der Waals surface area contributed by atoms with Crippen molar-refractivity contribution in [2.45, 2.75) is 32.2 Å². The molecule has 0 aliphatic carbocycles. The van der Waals surface area contributed by atoms with Crippen LogP contribution in [0.25, 0.3) is 0 Å². The molecule has 6 nitrogen and oxygen atoms in total. The van der Waals surface area contributed by atoms with Crippen LogP contribution in [0.15, 0.2) is 58.7 Å². The molecule has 1 heterocycles. The molecule has 162 valence electrons. The number of carbonyl (C=O) groups excluding carboxylic acids is 1. The maximum absolute atomic E-state index is 12.4. The lowest BCUT2D eigenvalue weighted by Crippen LogP contribution is -2.15. The summed E-state index contributed by atoms with van der Waals surface area (Å²) in [7, 11) is 0. The number of thioether (sulfide) groups is 1. The Morgan fingerprint density at radius 2 is 2.00 bits per heavy atom. The molecule has 3 aromatic rings. The Balaban J connectivity index is 1.64. The van der Waals surface area contributed by atoms with Crippen LogP contribution in [0.3, 0.4) is 0 Å². The van der Waals surface area contributed by atoms with Crippen LogP contribution in [0.5, 0.6) is 5.75 Å². The topological polar surface area (TPSA) is 69.0 Å². The van der Waals surface area contributed by atoms with Crippen molar-refractivity contribution in [2.75, 3.05) is 11.1 Å². The largest absolute Gasteiger partial charge is 0.486 e. The molecule has 0 fully saturated rings. The molecule has 31 heavy (non-hydrogen) atoms. The lowest BCUT2D eigenvalue weighted by atomic mass is 10.1. The highest BCUT2D eigenvalue weighted by molar-refractivity contribution is 9.10. The highest BCUT2D eigenvalue weighted by Crippen LogP contribution is 2.26. The molecule has 0 saturated heterocycles. The zero-order chi connectivity index (χ0) is 22.4. The molecule has 0 aliphatic rings. The molecule has 0 aliphatic heterocycles. The Morgan fingerprint density at radius 3 is 2.68 bits per heavy atom. The van der Waals surface area contributed by atoms with Crippen LogP contribution in [-0.2, 0) is 17.9 Å². The van der Waals surface area contributed by atoms with Gasteiger partial charge in [-0.2, -0.15) is 0 Å². The third kappa shape index (κ3) is 6.59. The summed E-state index contributed by atoms with van der Waals surface area (Å²) in [6.45, 7) is 8.64. The number of hydrogen-bond acceptors (Lipinski definition) is 5. The quantitative estimate of drug-likeness (QED) is 0.284. The maximum Gasteiger partial charge on any atom is 0.234 e. The van der Waals surface area contributed by atoms with Gasteiger partial charge in [0.1, 0.15) is 12.4 Å². The fourth-order valence-electron chi connectivity index (χ4n) is 2.92. The SMILES string of the molecule is C=CCn1c(COc2cc(C)cc(C)c2)nnc1SCC(=O)Nc1ccc(Br)cc1Cl. The van der Waals surface area contributed by atoms with Gasteiger partial charge in [0.05, 0.1) is 16.5 Å². The predicted molar refractivity (Wildman–Crippen MR) is 129 cm³/mol. The normalized spacial score (nSPS) is 10.7. The van der Waals surface area contributed by atoms with Gasteiger partial charge in [0, 0.05) is 11.0 Å². The van der Waals surface area contributed by atoms with Crippen LogP contribution in [0.1, 0.15) is 17.0 Å². The van der Waals surface area contributed by atoms with Crippen molar-refractivity contribution in [3.05, 3.63) is 75.5 Å². The molecule has 0 bridgehead atoms. The minimum atomic E-state index is -0.185. The van der Waals surface area contributed by atoms with E-state index in [1.807, 2.05) is 36.6 Å². The molecule has 0 saturated carbocycles. The number of hydrogen-bond donors (Lipinski definition) is 1. The van der Waals surface area contributed by atoms with E-state index in [0.29, 0.717) is 28.2 Å². The van der Waals surface area contributed by atoms with Gasteiger partial charge in [0.25, 0.3) is 0 Å². The third-order valence-corrected chi connectivity index (χ3v) is 5.98. The standard InChI is InChI=1S/C22H22BrClN4O2S/c1-4-7-28-20(12-30-17-9-14(2)8-15(3)10-17)26-27-22(28)31-13-21(29)25-19-6-5-16(23)11-18(19)24/h4-6,8-11H,1,7,12-13H2,2-3H3,(H,25,29). The maximum atomic E-state index is 12.4. The van der Waals surface area contributed by atoms with Crippen molar-refractivity contribution >= 4 is 50.9 Å². The number of halogens is 2. The minimum Gasteiger partial charge on any atom is -0.486 e. The fourth-order valence-corrected chi connectivity index (χ4v) is 4.40. The number of aryl methyl sites for hydroxylation is 2. The molecule has 0 radical (unpaired) electrons. The van der Waals surface area contributed by atoms with E-state index in [1.165, 1.54) is 11.8 Å². The number of carbonyl (C=O) groups is 1. The summed E-state index contributed by atoms with van der Waals surface area (Å²) in [6, 6.07) is 11.3. The number of anilines is 1. The Hall–Kier alpha value is -2.29. The second-order valence-corrected chi connectivity index (χ2v) is 9.14. The van der Waals surface area contributed by atoms with Crippen molar-refractivity contribution in [1.82, 2.24) is 14.8 Å². The van der Waals surface area contributed by atoms with Crippen molar-refractivity contribution in [3.63, 3.8) is 0 Å². The number of nitrogens with zero attached hydrogens (tertiary/aromatic N) is 3. The average Bonchev–Trinajstić information content (AvgIpc) is 3.08. The third-order valence-electron chi connectivity index (χ3n) is 4.21. The molecule has 1 amide bonds. The molecule has 0 atom stereocenters. The van der Waals surface area contributed by atoms with Crippen LogP contribution >= 0.6 is 39.3 Å². The van der Waals surface area contributed by atoms with Gasteiger partial charge in [-0.05, 0) is 55.3 Å². The molecule has 3 rings (SSSR count). The first-order valence-corrected chi connectivity index (χ1v) is 11.6. The first kappa shape index (κ1) is 23.4. The Morgan fingerprint density at radius 1 is 1.26 bits per heavy atom. The summed E-state index contributed by atoms with van der Waals surface area (Å²) in [5.74, 6) is 1.43. The molecule has 2 aromatic carbocycles. The first-order chi connectivity index (χ1) is 14.9. The van der Waals surface area contributed by atoms with Gasteiger partial charge in [-0.3, -0.25) is 9.36 Å². The zero-order valence-electron chi connectivity index (χ0n) is 17.2. The fraction of sp³-hybridized carbons (Fsp3) is 0.227. The number of nitrogens with one attached hydrogen (secondary N) is 1. The van der Waals surface area contributed by atoms with Crippen molar-refractivity contribution in [3.8, 4) is 5.75 Å². The summed E-state index contributed by atoms with van der Waals surface area (Å²) >= 11 is 10.8. The number of benzene rings is 2. The highest BCUT2D eigenvalue weighted by atomic mass is 79.9. The number of allylic oxidation sites excluding steroid dienone is 1. The molecule has 0 spiro atoms. The second kappa shape index (κ2) is 10.8. The summed E-state index contributed by atoms with van der Waals surface area (Å²) in [5, 5.41) is 12.4. The van der Waals surface area contributed by atoms with E-state index < -0.39 is 0 Å². The molecule has 1 N–H and O–H groups in total. The van der Waals surface area contributed by atoms with E-state index in [4.69, 9.17) is 16.3 Å². The van der Waals surface area contributed by atoms with Gasteiger partial charge in [-0.1, -0.05) is 51.4 Å². The summed E-state index contributed by atoms with van der Waals surface area (Å²) in [6.07, 6.45) is 1.76. The van der Waals surface area contributed by atoms with E-state index in [0.717, 1.165) is 21.3 Å². The van der Waals surface area contributed by atoms with Crippen LogP contribution in [0.4, 0.5) is 5.69 Å². The minimum absolute atomic E-state index is 0.166. The molecule has 0 unspecified atom stereocenters. The first-order valence-electron chi connectivity index (χ1n) is 9.47. The van der Waals surface area contributed by atoms with Gasteiger partial charge in [-0.25, -0.2) is 0 Å². The van der Waals surface area contributed by atoms with Gasteiger partial charge in [-0.15, -0.1) is 16.8 Å². The second-order valence-electron chi connectivity index (χ2n) is 6.87. The summed E-state index contributed by atoms with van der Waals surface area (Å²) in [4.78, 5) is 12.4. The number of ether oxygens (including phenoxy) is 1. The Labute approximate surface area is 199 Å². The molecular weight excluding hydrogens is 500 g/mol. The van der Waals surface area contributed by atoms with Crippen molar-refractivity contribution in [2.24, 2.45) is 0 Å². The van der Waals surface area contributed by atoms with E-state index in [9.17, 15) is 4.79 Å². The molecule has 1 aromatic heterocycles. The summed E-state index contributed by atoms with van der Waals surface area (Å²) < 4.78 is 8.65. The number of aromatic nitrogens is 3. The van der Waals surface area contributed by atoms with Gasteiger partial charge < -0.3 is 10.1 Å². The van der Waals surface area contributed by atoms with Gasteiger partial charge >= 0.3 is 0 Å². The van der Waals surface area contributed by atoms with E-state index >= 15 is 0 Å². The molecular formula is C22H22BrClN4O2S. The molecule has 9 heteroatoms. The van der Waals surface area contributed by atoms with E-state index in [2.05, 4.69) is 44.1 Å². The van der Waals surface area contributed by atoms with Gasteiger partial charge in [0.2, 0.25) is 5.91 Å². The zero-order valence-corrected chi connectivity index (χ0v) is 20.4. The van der Waals surface area contributed by atoms with Crippen LogP contribution in [0.2, 0.25) is 5.02 Å². The summed E-state index contributed by atoms with van der Waals surface area (Å²) in [5.41, 5.74) is 2.83. The lowest BCUT2D eigenvalue weighted by molar-refractivity contribution is -0.113. The van der Waals surface area contributed by atoms with Crippen LogP contribution in [0, 0.1) is 13.8 Å². The van der Waals surface area contributed by atoms with Crippen molar-refractivity contribution in [1.29, 1.82) is 0 Å². The monoisotopic (exact) mass is 520 g/mol. The van der Waals surface area contributed by atoms with E-state index in [1.54, 1.807) is 18.2 Å². The smallest absolute Gasteiger partial charge is 0.234 e. The predicted octanol–water partition coefficient (Wildman–Crippen LogP) is 5.81. The van der Waals surface area contributed by atoms with E-state index in [-0.39, 0.29) is 18.3 Å². The average molecular weight is 522 g/mol.